The summed E-state index contributed by atoms with van der Waals surface area (Å²) in [4.78, 5) is 15.8. The van der Waals surface area contributed by atoms with Gasteiger partial charge in [0.25, 0.3) is 5.91 Å². The van der Waals surface area contributed by atoms with E-state index in [1.54, 1.807) is 7.11 Å². The molecule has 0 unspecified atom stereocenters. The molecule has 0 saturated carbocycles. The number of pyridine rings is 1. The second kappa shape index (κ2) is 7.08. The molecular weight excluding hydrogens is 287 g/mol. The van der Waals surface area contributed by atoms with E-state index in [0.29, 0.717) is 18.7 Å². The van der Waals surface area contributed by atoms with Gasteiger partial charge in [-0.3, -0.25) is 4.79 Å². The molecule has 0 saturated heterocycles. The second-order valence-corrected chi connectivity index (χ2v) is 5.85. The van der Waals surface area contributed by atoms with Crippen molar-refractivity contribution in [1.29, 1.82) is 0 Å². The lowest BCUT2D eigenvalue weighted by Crippen LogP contribution is -2.34. The number of halogens is 2. The Bertz CT molecular complexity index is 450. The van der Waals surface area contributed by atoms with Gasteiger partial charge < -0.3 is 10.1 Å². The third-order valence-electron chi connectivity index (χ3n) is 2.77. The predicted octanol–water partition coefficient (Wildman–Crippen LogP) is 3.18. The van der Waals surface area contributed by atoms with Crippen LogP contribution in [0.2, 0.25) is 10.2 Å². The smallest absolute Gasteiger partial charge is 0.252 e. The maximum Gasteiger partial charge on any atom is 0.252 e. The summed E-state index contributed by atoms with van der Waals surface area (Å²) in [5.74, 6) is -0.212. The number of nitrogens with zero attached hydrogens (tertiary/aromatic N) is 1. The van der Waals surface area contributed by atoms with Crippen LogP contribution in [0.1, 0.15) is 30.6 Å². The van der Waals surface area contributed by atoms with Crippen molar-refractivity contribution in [2.24, 2.45) is 5.41 Å². The van der Waals surface area contributed by atoms with Crippen molar-refractivity contribution in [2.45, 2.75) is 20.3 Å². The van der Waals surface area contributed by atoms with Crippen LogP contribution in [0, 0.1) is 5.41 Å². The fourth-order valence-electron chi connectivity index (χ4n) is 1.43. The van der Waals surface area contributed by atoms with Gasteiger partial charge in [0.05, 0.1) is 10.6 Å². The van der Waals surface area contributed by atoms with Crippen LogP contribution < -0.4 is 5.32 Å². The average molecular weight is 305 g/mol. The normalized spacial score (nSPS) is 11.4. The van der Waals surface area contributed by atoms with Crippen LogP contribution in [0.4, 0.5) is 0 Å². The highest BCUT2D eigenvalue weighted by Crippen LogP contribution is 2.21. The van der Waals surface area contributed by atoms with Crippen LogP contribution in [0.15, 0.2) is 12.3 Å². The van der Waals surface area contributed by atoms with E-state index in [0.717, 1.165) is 6.42 Å². The number of methoxy groups -OCH3 is 1. The van der Waals surface area contributed by atoms with Gasteiger partial charge >= 0.3 is 0 Å². The van der Waals surface area contributed by atoms with E-state index in [1.807, 2.05) is 0 Å². The zero-order chi connectivity index (χ0) is 14.5. The number of aromatic nitrogens is 1. The number of amides is 1. The molecule has 106 valence electrons. The molecule has 1 heterocycles. The monoisotopic (exact) mass is 304 g/mol. The Morgan fingerprint density at radius 1 is 1.47 bits per heavy atom. The van der Waals surface area contributed by atoms with Crippen LogP contribution in [-0.2, 0) is 4.74 Å². The third kappa shape index (κ3) is 5.35. The van der Waals surface area contributed by atoms with Crippen molar-refractivity contribution in [3.63, 3.8) is 0 Å². The zero-order valence-electron chi connectivity index (χ0n) is 11.3. The molecule has 4 nitrogen and oxygen atoms in total. The van der Waals surface area contributed by atoms with Gasteiger partial charge in [-0.1, -0.05) is 37.0 Å². The Labute approximate surface area is 123 Å². The standard InChI is InChI=1S/C13H18Cl2N2O2/c1-13(2,4-5-19-3)8-17-12(18)9-6-10(14)11(15)16-7-9/h6-7H,4-5,8H2,1-3H3,(H,17,18). The first-order valence-electron chi connectivity index (χ1n) is 5.94. The highest BCUT2D eigenvalue weighted by molar-refractivity contribution is 6.41. The highest BCUT2D eigenvalue weighted by atomic mass is 35.5. The van der Waals surface area contributed by atoms with Crippen molar-refractivity contribution < 1.29 is 9.53 Å². The summed E-state index contributed by atoms with van der Waals surface area (Å²) in [6.07, 6.45) is 2.27. The number of hydrogen-bond donors (Lipinski definition) is 1. The molecule has 0 aliphatic rings. The Kier molecular flexibility index (Phi) is 6.04. The van der Waals surface area contributed by atoms with E-state index < -0.39 is 0 Å². The molecule has 0 aliphatic carbocycles. The molecule has 19 heavy (non-hydrogen) atoms. The number of hydrogen-bond acceptors (Lipinski definition) is 3. The van der Waals surface area contributed by atoms with E-state index in [-0.39, 0.29) is 21.5 Å². The van der Waals surface area contributed by atoms with E-state index in [4.69, 9.17) is 27.9 Å². The molecule has 6 heteroatoms. The molecule has 0 fully saturated rings. The van der Waals surface area contributed by atoms with Gasteiger partial charge in [-0.25, -0.2) is 4.98 Å². The first-order valence-corrected chi connectivity index (χ1v) is 6.69. The van der Waals surface area contributed by atoms with Gasteiger partial charge in [0.15, 0.2) is 0 Å². The highest BCUT2D eigenvalue weighted by Gasteiger charge is 2.19. The lowest BCUT2D eigenvalue weighted by molar-refractivity contribution is 0.0920. The fraction of sp³-hybridized carbons (Fsp3) is 0.538. The average Bonchev–Trinajstić information content (AvgIpc) is 2.37. The van der Waals surface area contributed by atoms with Crippen molar-refractivity contribution in [3.05, 3.63) is 28.0 Å². The van der Waals surface area contributed by atoms with E-state index in [2.05, 4.69) is 24.1 Å². The van der Waals surface area contributed by atoms with Gasteiger partial charge in [-0.05, 0) is 17.9 Å². The summed E-state index contributed by atoms with van der Waals surface area (Å²) < 4.78 is 5.04. The van der Waals surface area contributed by atoms with Crippen LogP contribution in [-0.4, -0.2) is 31.2 Å². The van der Waals surface area contributed by atoms with Crippen molar-refractivity contribution in [2.75, 3.05) is 20.3 Å². The van der Waals surface area contributed by atoms with Crippen LogP contribution >= 0.6 is 23.2 Å². The van der Waals surface area contributed by atoms with Crippen LogP contribution in [0.5, 0.6) is 0 Å². The topological polar surface area (TPSA) is 51.2 Å². The summed E-state index contributed by atoms with van der Waals surface area (Å²) in [6.45, 7) is 5.35. The van der Waals surface area contributed by atoms with Gasteiger partial charge in [-0.2, -0.15) is 0 Å². The SMILES string of the molecule is COCCC(C)(C)CNC(=O)c1cnc(Cl)c(Cl)c1. The number of nitrogens with one attached hydrogen (secondary N) is 1. The Hall–Kier alpha value is -0.840. The maximum absolute atomic E-state index is 11.9. The first kappa shape index (κ1) is 16.2. The van der Waals surface area contributed by atoms with Gasteiger partial charge in [0, 0.05) is 26.5 Å². The lowest BCUT2D eigenvalue weighted by Gasteiger charge is -2.24. The Morgan fingerprint density at radius 3 is 2.74 bits per heavy atom. The molecule has 0 aliphatic heterocycles. The molecule has 1 rings (SSSR count). The fourth-order valence-corrected chi connectivity index (χ4v) is 1.70. The second-order valence-electron chi connectivity index (χ2n) is 5.09. The minimum Gasteiger partial charge on any atom is -0.385 e. The minimum absolute atomic E-state index is 0.0324. The van der Waals surface area contributed by atoms with E-state index in [1.165, 1.54) is 12.3 Å². The van der Waals surface area contributed by atoms with E-state index in [9.17, 15) is 4.79 Å². The van der Waals surface area contributed by atoms with Crippen molar-refractivity contribution in [1.82, 2.24) is 10.3 Å². The number of ether oxygens (including phenoxy) is 1. The molecule has 0 atom stereocenters. The summed E-state index contributed by atoms with van der Waals surface area (Å²) in [5.41, 5.74) is 0.368. The van der Waals surface area contributed by atoms with Gasteiger partial charge in [-0.15, -0.1) is 0 Å². The minimum atomic E-state index is -0.212. The summed E-state index contributed by atoms with van der Waals surface area (Å²) in [7, 11) is 1.66. The predicted molar refractivity (Wildman–Crippen MR) is 76.9 cm³/mol. The molecule has 0 radical (unpaired) electrons. The molecule has 1 aromatic heterocycles. The molecule has 1 aromatic rings. The van der Waals surface area contributed by atoms with Crippen LogP contribution in [0.3, 0.4) is 0 Å². The molecule has 0 aromatic carbocycles. The van der Waals surface area contributed by atoms with Crippen LogP contribution in [0.25, 0.3) is 0 Å². The van der Waals surface area contributed by atoms with Crippen molar-refractivity contribution in [3.8, 4) is 0 Å². The number of carbonyl (C=O) groups is 1. The molecular formula is C13H18Cl2N2O2. The Morgan fingerprint density at radius 2 is 2.16 bits per heavy atom. The zero-order valence-corrected chi connectivity index (χ0v) is 12.8. The molecule has 0 spiro atoms. The Balaban J connectivity index is 2.57. The molecule has 1 amide bonds. The van der Waals surface area contributed by atoms with Crippen molar-refractivity contribution >= 4 is 29.1 Å². The quantitative estimate of drug-likeness (QED) is 0.821. The molecule has 0 bridgehead atoms. The summed E-state index contributed by atoms with van der Waals surface area (Å²) in [6, 6.07) is 1.51. The van der Waals surface area contributed by atoms with E-state index >= 15 is 0 Å². The number of carbonyl (C=O) groups excluding carboxylic acids is 1. The van der Waals surface area contributed by atoms with Gasteiger partial charge in [0.1, 0.15) is 5.15 Å². The number of rotatable bonds is 6. The lowest BCUT2D eigenvalue weighted by atomic mass is 9.89. The third-order valence-corrected chi connectivity index (χ3v) is 3.45. The van der Waals surface area contributed by atoms with Gasteiger partial charge in [0.2, 0.25) is 0 Å². The largest absolute Gasteiger partial charge is 0.385 e. The summed E-state index contributed by atoms with van der Waals surface area (Å²) >= 11 is 11.5. The first-order chi connectivity index (χ1) is 8.85. The maximum atomic E-state index is 11.9. The summed E-state index contributed by atoms with van der Waals surface area (Å²) in [5, 5.41) is 3.32. The molecule has 1 N–H and O–H groups in total.